The van der Waals surface area contributed by atoms with Crippen LogP contribution in [0.15, 0.2) is 29.9 Å². The number of rotatable bonds is 3. The molecule has 0 bridgehead atoms. The minimum Gasteiger partial charge on any atom is -0.481 e. The van der Waals surface area contributed by atoms with Gasteiger partial charge in [0.15, 0.2) is 0 Å². The molecule has 0 radical (unpaired) electrons. The molecule has 8 heteroatoms. The van der Waals surface area contributed by atoms with E-state index in [2.05, 4.69) is 15.3 Å². The molecule has 2 aromatic rings. The zero-order valence-corrected chi connectivity index (χ0v) is 12.7. The van der Waals surface area contributed by atoms with Crippen LogP contribution in [0.4, 0.5) is 0 Å². The molecule has 1 unspecified atom stereocenters. The Labute approximate surface area is 130 Å². The molecule has 1 aliphatic rings. The lowest BCUT2D eigenvalue weighted by Gasteiger charge is -2.34. The van der Waals surface area contributed by atoms with E-state index in [0.717, 1.165) is 4.88 Å². The van der Waals surface area contributed by atoms with Crippen molar-refractivity contribution in [3.8, 4) is 5.88 Å². The second kappa shape index (κ2) is 6.10. The van der Waals surface area contributed by atoms with Crippen molar-refractivity contribution in [3.05, 3.63) is 40.5 Å². The highest BCUT2D eigenvalue weighted by Gasteiger charge is 2.36. The maximum Gasteiger partial charge on any atom is 0.273 e. The largest absolute Gasteiger partial charge is 0.481 e. The molecule has 0 spiro atoms. The molecule has 2 amide bonds. The van der Waals surface area contributed by atoms with Crippen LogP contribution in [-0.2, 0) is 4.79 Å². The van der Waals surface area contributed by atoms with Gasteiger partial charge in [-0.2, -0.15) is 0 Å². The molecule has 0 aromatic carbocycles. The lowest BCUT2D eigenvalue weighted by molar-refractivity contribution is -0.127. The summed E-state index contributed by atoms with van der Waals surface area (Å²) < 4.78 is 5.01. The molecule has 7 nitrogen and oxygen atoms in total. The van der Waals surface area contributed by atoms with Crippen molar-refractivity contribution >= 4 is 23.2 Å². The molecule has 3 heterocycles. The molecule has 3 rings (SSSR count). The molecule has 0 aliphatic carbocycles. The van der Waals surface area contributed by atoms with Crippen LogP contribution in [-0.4, -0.2) is 46.9 Å². The van der Waals surface area contributed by atoms with Crippen molar-refractivity contribution in [2.45, 2.75) is 6.04 Å². The van der Waals surface area contributed by atoms with Crippen LogP contribution in [0.1, 0.15) is 21.4 Å². The molecule has 0 saturated carbocycles. The van der Waals surface area contributed by atoms with E-state index in [4.69, 9.17) is 4.74 Å². The van der Waals surface area contributed by atoms with Crippen LogP contribution in [0.25, 0.3) is 0 Å². The highest BCUT2D eigenvalue weighted by molar-refractivity contribution is 7.10. The van der Waals surface area contributed by atoms with E-state index in [0.29, 0.717) is 19.0 Å². The quantitative estimate of drug-likeness (QED) is 0.907. The molecule has 114 valence electrons. The number of methoxy groups -OCH3 is 1. The number of hydrogen-bond acceptors (Lipinski definition) is 6. The number of nitrogens with one attached hydrogen (secondary N) is 1. The second-order valence-electron chi connectivity index (χ2n) is 4.65. The van der Waals surface area contributed by atoms with Crippen molar-refractivity contribution in [1.29, 1.82) is 0 Å². The van der Waals surface area contributed by atoms with Gasteiger partial charge in [0, 0.05) is 24.0 Å². The lowest BCUT2D eigenvalue weighted by Crippen LogP contribution is -2.52. The zero-order valence-electron chi connectivity index (χ0n) is 11.9. The van der Waals surface area contributed by atoms with E-state index < -0.39 is 6.04 Å². The van der Waals surface area contributed by atoms with Crippen molar-refractivity contribution in [2.24, 2.45) is 0 Å². The molecular formula is C14H14N4O3S. The molecule has 2 aromatic heterocycles. The summed E-state index contributed by atoms with van der Waals surface area (Å²) >= 11 is 1.45. The van der Waals surface area contributed by atoms with Crippen LogP contribution >= 0.6 is 11.3 Å². The number of thiophene rings is 1. The van der Waals surface area contributed by atoms with Gasteiger partial charge in [-0.25, -0.2) is 9.97 Å². The maximum atomic E-state index is 12.7. The van der Waals surface area contributed by atoms with E-state index in [-0.39, 0.29) is 17.5 Å². The van der Waals surface area contributed by atoms with Crippen LogP contribution in [0.5, 0.6) is 5.88 Å². The van der Waals surface area contributed by atoms with Crippen molar-refractivity contribution in [2.75, 3.05) is 20.2 Å². The summed E-state index contributed by atoms with van der Waals surface area (Å²) in [4.78, 5) is 35.2. The van der Waals surface area contributed by atoms with Gasteiger partial charge in [0.1, 0.15) is 18.1 Å². The number of nitrogens with zero attached hydrogens (tertiary/aromatic N) is 3. The summed E-state index contributed by atoms with van der Waals surface area (Å²) in [5, 5.41) is 4.68. The summed E-state index contributed by atoms with van der Waals surface area (Å²) in [6.45, 7) is 0.855. The highest BCUT2D eigenvalue weighted by atomic mass is 32.1. The van der Waals surface area contributed by atoms with E-state index in [9.17, 15) is 9.59 Å². The van der Waals surface area contributed by atoms with Gasteiger partial charge in [-0.1, -0.05) is 6.07 Å². The summed E-state index contributed by atoms with van der Waals surface area (Å²) in [6.07, 6.45) is 1.27. The molecule has 22 heavy (non-hydrogen) atoms. The minimum absolute atomic E-state index is 0.178. The fourth-order valence-electron chi connectivity index (χ4n) is 2.33. The van der Waals surface area contributed by atoms with Crippen LogP contribution in [0.3, 0.4) is 0 Å². The third-order valence-corrected chi connectivity index (χ3v) is 4.28. The predicted molar refractivity (Wildman–Crippen MR) is 79.7 cm³/mol. The fourth-order valence-corrected chi connectivity index (χ4v) is 3.17. The fraction of sp³-hybridized carbons (Fsp3) is 0.286. The topological polar surface area (TPSA) is 84.4 Å². The van der Waals surface area contributed by atoms with Crippen LogP contribution in [0, 0.1) is 0 Å². The number of carbonyl (C=O) groups excluding carboxylic acids is 2. The summed E-state index contributed by atoms with van der Waals surface area (Å²) in [5.41, 5.74) is 0.211. The SMILES string of the molecule is COc1cc(C(=O)N2CCNC(=O)C2c2cccs2)ncn1. The van der Waals surface area contributed by atoms with Gasteiger partial charge < -0.3 is 15.0 Å². The Morgan fingerprint density at radius 3 is 3.09 bits per heavy atom. The number of piperazine rings is 1. The Morgan fingerprint density at radius 2 is 2.36 bits per heavy atom. The standard InChI is InChI=1S/C14H14N4O3S/c1-21-11-7-9(16-8-17-11)14(20)18-5-4-15-13(19)12(18)10-3-2-6-22-10/h2-3,6-8,12H,4-5H2,1H3,(H,15,19). The molecule has 1 atom stereocenters. The molecular weight excluding hydrogens is 304 g/mol. The Hall–Kier alpha value is -2.48. The smallest absolute Gasteiger partial charge is 0.273 e. The first-order valence-electron chi connectivity index (χ1n) is 6.69. The average molecular weight is 318 g/mol. The van der Waals surface area contributed by atoms with Crippen molar-refractivity contribution in [3.63, 3.8) is 0 Å². The zero-order chi connectivity index (χ0) is 15.5. The Bertz CT molecular complexity index is 689. The monoisotopic (exact) mass is 318 g/mol. The summed E-state index contributed by atoms with van der Waals surface area (Å²) in [5.74, 6) is -0.176. The summed E-state index contributed by atoms with van der Waals surface area (Å²) in [6, 6.07) is 4.56. The highest BCUT2D eigenvalue weighted by Crippen LogP contribution is 2.28. The van der Waals surface area contributed by atoms with Gasteiger partial charge in [-0.3, -0.25) is 9.59 Å². The number of aromatic nitrogens is 2. The number of hydrogen-bond donors (Lipinski definition) is 1. The third-order valence-electron chi connectivity index (χ3n) is 3.36. The number of carbonyl (C=O) groups is 2. The van der Waals surface area contributed by atoms with Crippen LogP contribution in [0.2, 0.25) is 0 Å². The normalized spacial score (nSPS) is 18.0. The van der Waals surface area contributed by atoms with Gasteiger partial charge in [-0.05, 0) is 11.4 Å². The predicted octanol–water partition coefficient (Wildman–Crippen LogP) is 0.860. The Morgan fingerprint density at radius 1 is 1.50 bits per heavy atom. The summed E-state index contributed by atoms with van der Waals surface area (Å²) in [7, 11) is 1.47. The van der Waals surface area contributed by atoms with E-state index >= 15 is 0 Å². The van der Waals surface area contributed by atoms with Crippen LogP contribution < -0.4 is 10.1 Å². The molecule has 1 saturated heterocycles. The average Bonchev–Trinajstić information content (AvgIpc) is 3.08. The van der Waals surface area contributed by atoms with Gasteiger partial charge in [0.2, 0.25) is 11.8 Å². The first kappa shape index (κ1) is 14.5. The van der Waals surface area contributed by atoms with Gasteiger partial charge >= 0.3 is 0 Å². The molecule has 1 aliphatic heterocycles. The van der Waals surface area contributed by atoms with Crippen molar-refractivity contribution in [1.82, 2.24) is 20.2 Å². The number of ether oxygens (including phenoxy) is 1. The first-order valence-corrected chi connectivity index (χ1v) is 7.57. The maximum absolute atomic E-state index is 12.7. The third kappa shape index (κ3) is 2.64. The van der Waals surface area contributed by atoms with Gasteiger partial charge in [0.05, 0.1) is 7.11 Å². The first-order chi connectivity index (χ1) is 10.7. The van der Waals surface area contributed by atoms with Gasteiger partial charge in [0.25, 0.3) is 5.91 Å². The Kier molecular flexibility index (Phi) is 4.01. The van der Waals surface area contributed by atoms with E-state index in [1.807, 2.05) is 17.5 Å². The molecule has 1 fully saturated rings. The molecule has 1 N–H and O–H groups in total. The second-order valence-corrected chi connectivity index (χ2v) is 5.63. The van der Waals surface area contributed by atoms with Crippen molar-refractivity contribution < 1.29 is 14.3 Å². The Balaban J connectivity index is 1.93. The minimum atomic E-state index is -0.623. The van der Waals surface area contributed by atoms with E-state index in [1.54, 1.807) is 0 Å². The van der Waals surface area contributed by atoms with Gasteiger partial charge in [-0.15, -0.1) is 11.3 Å². The number of amides is 2. The van der Waals surface area contributed by atoms with E-state index in [1.165, 1.54) is 35.7 Å². The lowest BCUT2D eigenvalue weighted by atomic mass is 10.1.